The molecule has 3 aromatic heterocycles. The number of rotatable bonds is 5. The maximum atomic E-state index is 6.16. The second kappa shape index (κ2) is 10.4. The van der Waals surface area contributed by atoms with E-state index in [0.29, 0.717) is 5.89 Å². The molecule has 0 aliphatic carbocycles. The molecule has 0 saturated heterocycles. The van der Waals surface area contributed by atoms with Crippen molar-refractivity contribution >= 4 is 43.2 Å². The fraction of sp³-hybridized carbons (Fsp3) is 0. The molecule has 0 unspecified atom stereocenters. The summed E-state index contributed by atoms with van der Waals surface area (Å²) in [6.07, 6.45) is 1.72. The largest absolute Gasteiger partial charge is 0.384 e. The number of para-hydroxylation sites is 2. The van der Waals surface area contributed by atoms with Crippen LogP contribution in [0, 0.1) is 0 Å². The number of hydrogen-bond acceptors (Lipinski definition) is 3. The number of fused-ring (bicyclic) bond motifs is 5. The van der Waals surface area contributed by atoms with Gasteiger partial charge in [-0.25, -0.2) is 4.52 Å². The molecular formula is C40H26N3OS+. The van der Waals surface area contributed by atoms with Gasteiger partial charge in [0.25, 0.3) is 0 Å². The standard InChI is InChI=1S/C40H26N3OS/c1-4-13-27(14-5-1)36-33-23-24-35-37(39(33)45-38(36)28-15-6-2-7-16-28)32-21-10-11-22-34(32)43(35)31-20-12-17-29(25-31)40-41-26-42(44-40)30-18-8-3-9-19-30/h1-26H/q+1. The third kappa shape index (κ3) is 4.20. The van der Waals surface area contributed by atoms with Crippen LogP contribution in [-0.2, 0) is 0 Å². The topological polar surface area (TPSA) is 34.8 Å². The summed E-state index contributed by atoms with van der Waals surface area (Å²) < 4.78 is 11.5. The molecule has 0 bridgehead atoms. The molecule has 6 aromatic carbocycles. The highest BCUT2D eigenvalue weighted by atomic mass is 32.1. The van der Waals surface area contributed by atoms with E-state index < -0.39 is 0 Å². The van der Waals surface area contributed by atoms with E-state index in [1.54, 1.807) is 11.1 Å². The molecule has 0 amide bonds. The van der Waals surface area contributed by atoms with Gasteiger partial charge in [0, 0.05) is 37.0 Å². The monoisotopic (exact) mass is 596 g/mol. The maximum Gasteiger partial charge on any atom is 0.384 e. The average molecular weight is 597 g/mol. The molecule has 9 rings (SSSR count). The van der Waals surface area contributed by atoms with E-state index >= 15 is 0 Å². The van der Waals surface area contributed by atoms with Gasteiger partial charge in [-0.1, -0.05) is 109 Å². The van der Waals surface area contributed by atoms with E-state index in [1.165, 1.54) is 53.5 Å². The fourth-order valence-electron chi connectivity index (χ4n) is 6.41. The number of nitrogens with zero attached hydrogens (tertiary/aromatic N) is 3. The summed E-state index contributed by atoms with van der Waals surface area (Å²) in [5.74, 6) is 0.571. The van der Waals surface area contributed by atoms with Gasteiger partial charge in [0.05, 0.1) is 16.6 Å². The second-order valence-electron chi connectivity index (χ2n) is 11.1. The summed E-state index contributed by atoms with van der Waals surface area (Å²) in [7, 11) is 0. The van der Waals surface area contributed by atoms with Crippen molar-refractivity contribution in [3.8, 4) is 44.4 Å². The predicted molar refractivity (Wildman–Crippen MR) is 184 cm³/mol. The van der Waals surface area contributed by atoms with Crippen LogP contribution in [0.25, 0.3) is 76.3 Å². The molecule has 0 aliphatic rings. The first-order valence-electron chi connectivity index (χ1n) is 15.0. The van der Waals surface area contributed by atoms with Crippen LogP contribution in [0.3, 0.4) is 0 Å². The Bertz CT molecular complexity index is 2470. The quantitative estimate of drug-likeness (QED) is 0.185. The van der Waals surface area contributed by atoms with Gasteiger partial charge < -0.3 is 4.57 Å². The highest BCUT2D eigenvalue weighted by Crippen LogP contribution is 2.49. The smallest absolute Gasteiger partial charge is 0.309 e. The van der Waals surface area contributed by atoms with E-state index in [2.05, 4.69) is 125 Å². The Kier molecular flexibility index (Phi) is 5.96. The molecule has 0 fully saturated rings. The molecule has 212 valence electrons. The van der Waals surface area contributed by atoms with E-state index in [-0.39, 0.29) is 0 Å². The van der Waals surface area contributed by atoms with Crippen molar-refractivity contribution in [2.24, 2.45) is 0 Å². The molecule has 5 heteroatoms. The highest BCUT2D eigenvalue weighted by molar-refractivity contribution is 7.24. The molecule has 0 atom stereocenters. The molecule has 0 radical (unpaired) electrons. The van der Waals surface area contributed by atoms with Crippen LogP contribution in [-0.4, -0.2) is 9.55 Å². The lowest BCUT2D eigenvalue weighted by atomic mass is 9.98. The van der Waals surface area contributed by atoms with Crippen molar-refractivity contribution in [3.63, 3.8) is 0 Å². The Hall–Kier alpha value is -5.78. The van der Waals surface area contributed by atoms with Crippen LogP contribution in [0.15, 0.2) is 163 Å². The molecule has 0 N–H and O–H groups in total. The minimum Gasteiger partial charge on any atom is -0.309 e. The van der Waals surface area contributed by atoms with E-state index in [9.17, 15) is 0 Å². The number of aromatic nitrogens is 3. The van der Waals surface area contributed by atoms with Gasteiger partial charge in [0.2, 0.25) is 0 Å². The summed E-state index contributed by atoms with van der Waals surface area (Å²) in [6.45, 7) is 0. The van der Waals surface area contributed by atoms with Crippen LogP contribution >= 0.6 is 11.3 Å². The molecule has 3 heterocycles. The summed E-state index contributed by atoms with van der Waals surface area (Å²) in [4.78, 5) is 5.90. The van der Waals surface area contributed by atoms with E-state index in [1.807, 2.05) is 47.7 Å². The van der Waals surface area contributed by atoms with Gasteiger partial charge >= 0.3 is 12.2 Å². The number of benzene rings is 6. The zero-order valence-corrected chi connectivity index (χ0v) is 25.0. The Morgan fingerprint density at radius 1 is 0.578 bits per heavy atom. The summed E-state index contributed by atoms with van der Waals surface area (Å²) in [5.41, 5.74) is 9.01. The summed E-state index contributed by atoms with van der Waals surface area (Å²) in [6, 6.07) is 53.3. The van der Waals surface area contributed by atoms with E-state index in [0.717, 1.165) is 16.9 Å². The minimum absolute atomic E-state index is 0.571. The number of hydrogen-bond donors (Lipinski definition) is 0. The Morgan fingerprint density at radius 2 is 1.27 bits per heavy atom. The molecule has 9 aromatic rings. The predicted octanol–water partition coefficient (Wildman–Crippen LogP) is 10.3. The third-order valence-corrected chi connectivity index (χ3v) is 9.69. The Labute approximate surface area is 263 Å². The second-order valence-corrected chi connectivity index (χ2v) is 12.1. The first-order valence-corrected chi connectivity index (χ1v) is 15.8. The van der Waals surface area contributed by atoms with Crippen molar-refractivity contribution in [1.29, 1.82) is 0 Å². The lowest BCUT2D eigenvalue weighted by Crippen LogP contribution is -2.26. The average Bonchev–Trinajstić information content (AvgIpc) is 3.84. The summed E-state index contributed by atoms with van der Waals surface area (Å²) in [5, 5.41) is 3.79. The van der Waals surface area contributed by atoms with Crippen LogP contribution in [0.5, 0.6) is 0 Å². The lowest BCUT2D eigenvalue weighted by molar-refractivity contribution is -0.783. The Balaban J connectivity index is 1.28. The minimum atomic E-state index is 0.571. The molecule has 4 nitrogen and oxygen atoms in total. The molecule has 45 heavy (non-hydrogen) atoms. The molecule has 0 aliphatic heterocycles. The fourth-order valence-corrected chi connectivity index (χ4v) is 7.80. The van der Waals surface area contributed by atoms with Gasteiger partial charge in [-0.05, 0) is 63.3 Å². The third-order valence-electron chi connectivity index (χ3n) is 8.42. The maximum absolute atomic E-state index is 6.16. The van der Waals surface area contributed by atoms with Gasteiger partial charge in [-0.3, -0.25) is 0 Å². The first-order chi connectivity index (χ1) is 22.3. The number of thiophene rings is 1. The molecular weight excluding hydrogens is 571 g/mol. The van der Waals surface area contributed by atoms with Crippen molar-refractivity contribution in [2.45, 2.75) is 0 Å². The van der Waals surface area contributed by atoms with Crippen molar-refractivity contribution < 1.29 is 9.26 Å². The molecule has 0 saturated carbocycles. The van der Waals surface area contributed by atoms with Crippen molar-refractivity contribution in [1.82, 2.24) is 9.55 Å². The Morgan fingerprint density at radius 3 is 2.07 bits per heavy atom. The van der Waals surface area contributed by atoms with Crippen LogP contribution < -0.4 is 4.74 Å². The SMILES string of the molecule is c1ccc(-c2sc3c(ccc4c3c3ccccc3n4-c3cccc(-c4nc[n+](-c5ccccc5)o4)c3)c2-c2ccccc2)cc1. The molecule has 0 spiro atoms. The normalized spacial score (nSPS) is 11.6. The lowest BCUT2D eigenvalue weighted by Gasteiger charge is -2.09. The highest BCUT2D eigenvalue weighted by Gasteiger charge is 2.22. The summed E-state index contributed by atoms with van der Waals surface area (Å²) >= 11 is 1.88. The van der Waals surface area contributed by atoms with Crippen LogP contribution in [0.4, 0.5) is 0 Å². The zero-order valence-electron chi connectivity index (χ0n) is 24.2. The van der Waals surface area contributed by atoms with E-state index in [4.69, 9.17) is 4.52 Å². The van der Waals surface area contributed by atoms with Gasteiger partial charge in [0.1, 0.15) is 0 Å². The van der Waals surface area contributed by atoms with Crippen molar-refractivity contribution in [3.05, 3.63) is 158 Å². The van der Waals surface area contributed by atoms with Gasteiger partial charge in [-0.15, -0.1) is 11.3 Å². The van der Waals surface area contributed by atoms with Crippen LogP contribution in [0.1, 0.15) is 0 Å². The zero-order chi connectivity index (χ0) is 29.7. The van der Waals surface area contributed by atoms with Gasteiger partial charge in [-0.2, -0.15) is 0 Å². The van der Waals surface area contributed by atoms with Crippen LogP contribution in [0.2, 0.25) is 0 Å². The first kappa shape index (κ1) is 25.7. The van der Waals surface area contributed by atoms with Gasteiger partial charge in [0.15, 0.2) is 5.69 Å². The van der Waals surface area contributed by atoms with Crippen molar-refractivity contribution in [2.75, 3.05) is 0 Å².